The molecular weight excluding hydrogens is 290 g/mol. The van der Waals surface area contributed by atoms with Crippen molar-refractivity contribution < 1.29 is 17.6 Å². The van der Waals surface area contributed by atoms with Crippen molar-refractivity contribution in [3.8, 4) is 0 Å². The molecule has 1 unspecified atom stereocenters. The Kier molecular flexibility index (Phi) is 4.32. The third-order valence-electron chi connectivity index (χ3n) is 1.91. The van der Waals surface area contributed by atoms with Gasteiger partial charge in [0, 0.05) is 10.5 Å². The van der Waals surface area contributed by atoms with E-state index in [1.54, 1.807) is 6.07 Å². The minimum absolute atomic E-state index is 0.00410. The maximum Gasteiger partial charge on any atom is 0.390 e. The fraction of sp³-hybridized carbons (Fsp3) is 0.400. The standard InChI is InChI=1S/C10H10BrF4N/c11-7-1-6(2-8(12)4-7)3-9(16)5-10(13,14)15/h1-2,4,9H,3,5,16H2. The SMILES string of the molecule is NC(Cc1cc(F)cc(Br)c1)CC(F)(F)F. The van der Waals surface area contributed by atoms with Crippen LogP contribution >= 0.6 is 15.9 Å². The molecule has 0 radical (unpaired) electrons. The molecule has 1 aromatic carbocycles. The van der Waals surface area contributed by atoms with Crippen LogP contribution in [0.15, 0.2) is 22.7 Å². The summed E-state index contributed by atoms with van der Waals surface area (Å²) in [5.41, 5.74) is 5.78. The summed E-state index contributed by atoms with van der Waals surface area (Å²) in [5.74, 6) is -0.497. The molecule has 0 heterocycles. The van der Waals surface area contributed by atoms with Crippen molar-refractivity contribution in [3.05, 3.63) is 34.1 Å². The maximum absolute atomic E-state index is 12.9. The lowest BCUT2D eigenvalue weighted by molar-refractivity contribution is -0.138. The Labute approximate surface area is 98.8 Å². The highest BCUT2D eigenvalue weighted by Gasteiger charge is 2.30. The van der Waals surface area contributed by atoms with E-state index in [0.29, 0.717) is 10.0 Å². The molecule has 1 nitrogen and oxygen atoms in total. The molecule has 0 aliphatic heterocycles. The smallest absolute Gasteiger partial charge is 0.327 e. The molecule has 90 valence electrons. The molecule has 0 aliphatic carbocycles. The van der Waals surface area contributed by atoms with Gasteiger partial charge in [-0.05, 0) is 30.2 Å². The Morgan fingerprint density at radius 3 is 2.38 bits per heavy atom. The van der Waals surface area contributed by atoms with Gasteiger partial charge in [-0.1, -0.05) is 15.9 Å². The lowest BCUT2D eigenvalue weighted by atomic mass is 10.0. The minimum Gasteiger partial charge on any atom is -0.327 e. The molecule has 1 rings (SSSR count). The zero-order chi connectivity index (χ0) is 12.3. The van der Waals surface area contributed by atoms with Crippen LogP contribution in [0.3, 0.4) is 0 Å². The quantitative estimate of drug-likeness (QED) is 0.851. The van der Waals surface area contributed by atoms with Crippen molar-refractivity contribution in [2.24, 2.45) is 5.73 Å². The van der Waals surface area contributed by atoms with Crippen LogP contribution in [-0.4, -0.2) is 12.2 Å². The Morgan fingerprint density at radius 1 is 1.25 bits per heavy atom. The number of halogens is 5. The van der Waals surface area contributed by atoms with Crippen LogP contribution in [0.25, 0.3) is 0 Å². The highest BCUT2D eigenvalue weighted by molar-refractivity contribution is 9.10. The first kappa shape index (κ1) is 13.4. The summed E-state index contributed by atoms with van der Waals surface area (Å²) < 4.78 is 49.4. The molecule has 0 bridgehead atoms. The molecule has 0 saturated carbocycles. The first-order valence-corrected chi connectivity index (χ1v) is 5.33. The van der Waals surface area contributed by atoms with Crippen molar-refractivity contribution in [3.63, 3.8) is 0 Å². The van der Waals surface area contributed by atoms with Crippen LogP contribution in [-0.2, 0) is 6.42 Å². The molecule has 1 atom stereocenters. The average molecular weight is 300 g/mol. The van der Waals surface area contributed by atoms with E-state index in [-0.39, 0.29) is 6.42 Å². The van der Waals surface area contributed by atoms with E-state index in [4.69, 9.17) is 5.73 Å². The molecular formula is C10H10BrF4N. The molecule has 6 heteroatoms. The Bertz CT molecular complexity index is 344. The van der Waals surface area contributed by atoms with Crippen LogP contribution in [0.5, 0.6) is 0 Å². The first-order valence-electron chi connectivity index (χ1n) is 4.53. The molecule has 1 aromatic rings. The number of rotatable bonds is 3. The van der Waals surface area contributed by atoms with Gasteiger partial charge >= 0.3 is 6.18 Å². The van der Waals surface area contributed by atoms with Crippen LogP contribution in [0.1, 0.15) is 12.0 Å². The second-order valence-corrected chi connectivity index (χ2v) is 4.48. The van der Waals surface area contributed by atoms with E-state index < -0.39 is 24.5 Å². The van der Waals surface area contributed by atoms with Crippen LogP contribution in [0.2, 0.25) is 0 Å². The predicted molar refractivity (Wildman–Crippen MR) is 56.5 cm³/mol. The predicted octanol–water partition coefficient (Wildman–Crippen LogP) is 3.41. The summed E-state index contributed by atoms with van der Waals surface area (Å²) in [6.07, 6.45) is -5.36. The van der Waals surface area contributed by atoms with Gasteiger partial charge in [-0.2, -0.15) is 13.2 Å². The largest absolute Gasteiger partial charge is 0.390 e. The lowest BCUT2D eigenvalue weighted by Gasteiger charge is -2.14. The Morgan fingerprint density at radius 2 is 1.88 bits per heavy atom. The van der Waals surface area contributed by atoms with Crippen molar-refractivity contribution in [2.75, 3.05) is 0 Å². The van der Waals surface area contributed by atoms with Gasteiger partial charge in [-0.25, -0.2) is 4.39 Å². The second-order valence-electron chi connectivity index (χ2n) is 3.56. The summed E-state index contributed by atoms with van der Waals surface area (Å²) in [6.45, 7) is 0. The van der Waals surface area contributed by atoms with E-state index in [9.17, 15) is 17.6 Å². The number of alkyl halides is 3. The van der Waals surface area contributed by atoms with E-state index in [1.165, 1.54) is 12.1 Å². The number of benzene rings is 1. The van der Waals surface area contributed by atoms with Crippen molar-refractivity contribution >= 4 is 15.9 Å². The molecule has 2 N–H and O–H groups in total. The van der Waals surface area contributed by atoms with Gasteiger partial charge in [0.2, 0.25) is 0 Å². The highest BCUT2D eigenvalue weighted by atomic mass is 79.9. The highest BCUT2D eigenvalue weighted by Crippen LogP contribution is 2.23. The van der Waals surface area contributed by atoms with E-state index in [1.807, 2.05) is 0 Å². The van der Waals surface area contributed by atoms with Gasteiger partial charge in [0.1, 0.15) is 5.82 Å². The molecule has 0 spiro atoms. The van der Waals surface area contributed by atoms with Gasteiger partial charge in [0.25, 0.3) is 0 Å². The third kappa shape index (κ3) is 4.94. The Hall–Kier alpha value is -0.620. The molecule has 0 aromatic heterocycles. The van der Waals surface area contributed by atoms with Crippen molar-refractivity contribution in [1.29, 1.82) is 0 Å². The van der Waals surface area contributed by atoms with E-state index >= 15 is 0 Å². The fourth-order valence-corrected chi connectivity index (χ4v) is 1.91. The topological polar surface area (TPSA) is 26.0 Å². The van der Waals surface area contributed by atoms with Gasteiger partial charge in [-0.3, -0.25) is 0 Å². The zero-order valence-electron chi connectivity index (χ0n) is 8.19. The maximum atomic E-state index is 12.9. The van der Waals surface area contributed by atoms with Gasteiger partial charge in [0.15, 0.2) is 0 Å². The van der Waals surface area contributed by atoms with Gasteiger partial charge in [-0.15, -0.1) is 0 Å². The second kappa shape index (κ2) is 5.14. The molecule has 0 amide bonds. The molecule has 16 heavy (non-hydrogen) atoms. The van der Waals surface area contributed by atoms with Gasteiger partial charge < -0.3 is 5.73 Å². The number of hydrogen-bond acceptors (Lipinski definition) is 1. The van der Waals surface area contributed by atoms with Crippen LogP contribution in [0, 0.1) is 5.82 Å². The van der Waals surface area contributed by atoms with Crippen LogP contribution in [0.4, 0.5) is 17.6 Å². The van der Waals surface area contributed by atoms with E-state index in [2.05, 4.69) is 15.9 Å². The number of nitrogens with two attached hydrogens (primary N) is 1. The molecule has 0 fully saturated rings. The summed E-state index contributed by atoms with van der Waals surface area (Å²) in [6, 6.07) is 2.92. The summed E-state index contributed by atoms with van der Waals surface area (Å²) in [5, 5.41) is 0. The van der Waals surface area contributed by atoms with Crippen molar-refractivity contribution in [1.82, 2.24) is 0 Å². The summed E-state index contributed by atoms with van der Waals surface area (Å²) in [4.78, 5) is 0. The normalized spacial score (nSPS) is 13.9. The van der Waals surface area contributed by atoms with Gasteiger partial charge in [0.05, 0.1) is 6.42 Å². The first-order chi connectivity index (χ1) is 7.26. The third-order valence-corrected chi connectivity index (χ3v) is 2.37. The average Bonchev–Trinajstić information content (AvgIpc) is 1.96. The van der Waals surface area contributed by atoms with Crippen molar-refractivity contribution in [2.45, 2.75) is 25.1 Å². The van der Waals surface area contributed by atoms with Crippen LogP contribution < -0.4 is 5.73 Å². The fourth-order valence-electron chi connectivity index (χ4n) is 1.40. The minimum atomic E-state index is -4.29. The lowest BCUT2D eigenvalue weighted by Crippen LogP contribution is -2.29. The zero-order valence-corrected chi connectivity index (χ0v) is 9.78. The molecule has 0 aliphatic rings. The summed E-state index contributed by atoms with van der Waals surface area (Å²) in [7, 11) is 0. The Balaban J connectivity index is 2.66. The number of hydrogen-bond donors (Lipinski definition) is 1. The molecule has 0 saturated heterocycles. The van der Waals surface area contributed by atoms with E-state index in [0.717, 1.165) is 0 Å². The summed E-state index contributed by atoms with van der Waals surface area (Å²) >= 11 is 3.06. The monoisotopic (exact) mass is 299 g/mol.